The summed E-state index contributed by atoms with van der Waals surface area (Å²) < 4.78 is 0. The van der Waals surface area contributed by atoms with Gasteiger partial charge in [-0.1, -0.05) is 36.4 Å². The van der Waals surface area contributed by atoms with Gasteiger partial charge in [-0.3, -0.25) is 15.0 Å². The van der Waals surface area contributed by atoms with E-state index in [4.69, 9.17) is 0 Å². The van der Waals surface area contributed by atoms with Crippen molar-refractivity contribution in [1.82, 2.24) is 10.9 Å². The number of aromatic hydroxyl groups is 1. The van der Waals surface area contributed by atoms with Crippen molar-refractivity contribution in [3.63, 3.8) is 0 Å². The summed E-state index contributed by atoms with van der Waals surface area (Å²) in [6.07, 6.45) is 0. The maximum Gasteiger partial charge on any atom is 0.248 e. The van der Waals surface area contributed by atoms with E-state index in [1.807, 2.05) is 25.1 Å². The molecule has 0 spiro atoms. The molecule has 118 valence electrons. The van der Waals surface area contributed by atoms with E-state index in [1.54, 1.807) is 24.3 Å². The van der Waals surface area contributed by atoms with E-state index in [0.717, 1.165) is 5.56 Å². The van der Waals surface area contributed by atoms with Gasteiger partial charge in [-0.25, -0.2) is 5.43 Å². The number of carbonyl (C=O) groups excluding carboxylic acids is 2. The van der Waals surface area contributed by atoms with Crippen LogP contribution >= 0.6 is 0 Å². The predicted molar refractivity (Wildman–Crippen MR) is 85.4 cm³/mol. The molecule has 1 aliphatic heterocycles. The topological polar surface area (TPSA) is 90.5 Å². The van der Waals surface area contributed by atoms with E-state index in [2.05, 4.69) is 16.2 Å². The number of hydrogen-bond acceptors (Lipinski definition) is 4. The zero-order valence-corrected chi connectivity index (χ0v) is 12.5. The van der Waals surface area contributed by atoms with Crippen LogP contribution in [0.15, 0.2) is 48.5 Å². The monoisotopic (exact) mass is 311 g/mol. The molecule has 1 fully saturated rings. The quantitative estimate of drug-likeness (QED) is 0.649. The van der Waals surface area contributed by atoms with Crippen molar-refractivity contribution in [2.45, 2.75) is 13.0 Å². The lowest BCUT2D eigenvalue weighted by molar-refractivity contribution is -0.130. The molecule has 1 heterocycles. The van der Waals surface area contributed by atoms with Crippen LogP contribution in [-0.4, -0.2) is 16.9 Å². The first-order valence-electron chi connectivity index (χ1n) is 7.27. The van der Waals surface area contributed by atoms with E-state index < -0.39 is 23.8 Å². The molecule has 6 nitrogen and oxygen atoms in total. The van der Waals surface area contributed by atoms with Gasteiger partial charge in [0.2, 0.25) is 11.8 Å². The molecule has 2 aromatic rings. The lowest BCUT2D eigenvalue weighted by atomic mass is 9.92. The van der Waals surface area contributed by atoms with Crippen LogP contribution in [0.3, 0.4) is 0 Å². The van der Waals surface area contributed by atoms with Crippen LogP contribution in [-0.2, 0) is 9.59 Å². The maximum atomic E-state index is 12.6. The standard InChI is InChI=1S/C17H17N3O3/c1-10-6-2-4-8-12(10)18-16(22)14-15(19-20-17(14)23)11-7-3-5-9-13(11)21/h2-9,14-15,19,21H,1H3,(H,18,22)(H,20,23). The van der Waals surface area contributed by atoms with E-state index >= 15 is 0 Å². The molecule has 3 rings (SSSR count). The van der Waals surface area contributed by atoms with Crippen LogP contribution in [0.2, 0.25) is 0 Å². The van der Waals surface area contributed by atoms with Crippen molar-refractivity contribution in [3.05, 3.63) is 59.7 Å². The lowest BCUT2D eigenvalue weighted by Gasteiger charge is -2.18. The molecule has 0 aromatic heterocycles. The highest BCUT2D eigenvalue weighted by Crippen LogP contribution is 2.32. The molecule has 2 unspecified atom stereocenters. The molecule has 2 amide bonds. The average Bonchev–Trinajstić information content (AvgIpc) is 2.91. The molecular formula is C17H17N3O3. The number of phenolic OH excluding ortho intramolecular Hbond substituents is 1. The summed E-state index contributed by atoms with van der Waals surface area (Å²) in [5, 5.41) is 12.8. The van der Waals surface area contributed by atoms with Gasteiger partial charge in [0.15, 0.2) is 0 Å². The van der Waals surface area contributed by atoms with Crippen LogP contribution in [0.5, 0.6) is 5.75 Å². The van der Waals surface area contributed by atoms with E-state index in [9.17, 15) is 14.7 Å². The number of amides is 2. The second-order valence-electron chi connectivity index (χ2n) is 5.45. The molecule has 0 bridgehead atoms. The Labute approximate surface area is 133 Å². The third-order valence-electron chi connectivity index (χ3n) is 3.92. The number of rotatable bonds is 3. The summed E-state index contributed by atoms with van der Waals surface area (Å²) in [5.74, 6) is -1.78. The summed E-state index contributed by atoms with van der Waals surface area (Å²) in [7, 11) is 0. The number of anilines is 1. The van der Waals surface area contributed by atoms with Gasteiger partial charge in [0.05, 0.1) is 6.04 Å². The summed E-state index contributed by atoms with van der Waals surface area (Å²) in [5.41, 5.74) is 7.31. The highest BCUT2D eigenvalue weighted by molar-refractivity contribution is 6.08. The number of benzene rings is 2. The maximum absolute atomic E-state index is 12.6. The van der Waals surface area contributed by atoms with Gasteiger partial charge in [0.1, 0.15) is 11.7 Å². The Hall–Kier alpha value is -2.86. The van der Waals surface area contributed by atoms with Crippen molar-refractivity contribution in [1.29, 1.82) is 0 Å². The van der Waals surface area contributed by atoms with Crippen LogP contribution < -0.4 is 16.2 Å². The van der Waals surface area contributed by atoms with E-state index in [0.29, 0.717) is 11.3 Å². The van der Waals surface area contributed by atoms with Gasteiger partial charge in [0.25, 0.3) is 0 Å². The molecule has 23 heavy (non-hydrogen) atoms. The fourth-order valence-electron chi connectivity index (χ4n) is 2.66. The van der Waals surface area contributed by atoms with Crippen molar-refractivity contribution in [2.24, 2.45) is 5.92 Å². The molecular weight excluding hydrogens is 294 g/mol. The van der Waals surface area contributed by atoms with Crippen molar-refractivity contribution < 1.29 is 14.7 Å². The van der Waals surface area contributed by atoms with Crippen LogP contribution in [0, 0.1) is 12.8 Å². The molecule has 0 radical (unpaired) electrons. The zero-order chi connectivity index (χ0) is 16.4. The zero-order valence-electron chi connectivity index (χ0n) is 12.5. The van der Waals surface area contributed by atoms with Gasteiger partial charge >= 0.3 is 0 Å². The number of phenols is 1. The molecule has 0 aliphatic carbocycles. The first-order chi connectivity index (χ1) is 11.1. The van der Waals surface area contributed by atoms with Gasteiger partial charge in [-0.05, 0) is 24.6 Å². The van der Waals surface area contributed by atoms with Gasteiger partial charge in [-0.2, -0.15) is 0 Å². The van der Waals surface area contributed by atoms with E-state index in [-0.39, 0.29) is 5.75 Å². The highest BCUT2D eigenvalue weighted by Gasteiger charge is 2.42. The Balaban J connectivity index is 1.87. The second kappa shape index (κ2) is 6.10. The second-order valence-corrected chi connectivity index (χ2v) is 5.45. The number of carbonyl (C=O) groups is 2. The normalized spacial score (nSPS) is 20.1. The fraction of sp³-hybridized carbons (Fsp3) is 0.176. The Morgan fingerprint density at radius 2 is 1.83 bits per heavy atom. The Morgan fingerprint density at radius 3 is 2.57 bits per heavy atom. The molecule has 2 aromatic carbocycles. The Kier molecular flexibility index (Phi) is 3.99. The number of hydrogen-bond donors (Lipinski definition) is 4. The minimum atomic E-state index is -0.970. The van der Waals surface area contributed by atoms with Gasteiger partial charge in [-0.15, -0.1) is 0 Å². The molecule has 0 saturated carbocycles. The Morgan fingerprint density at radius 1 is 1.13 bits per heavy atom. The highest BCUT2D eigenvalue weighted by atomic mass is 16.3. The first kappa shape index (κ1) is 15.1. The number of para-hydroxylation sites is 2. The smallest absolute Gasteiger partial charge is 0.248 e. The Bertz CT molecular complexity index is 760. The van der Waals surface area contributed by atoms with Gasteiger partial charge < -0.3 is 10.4 Å². The average molecular weight is 311 g/mol. The van der Waals surface area contributed by atoms with Crippen LogP contribution in [0.1, 0.15) is 17.2 Å². The molecule has 4 N–H and O–H groups in total. The van der Waals surface area contributed by atoms with Crippen LogP contribution in [0.4, 0.5) is 5.69 Å². The molecule has 1 aliphatic rings. The third kappa shape index (κ3) is 2.89. The molecule has 2 atom stereocenters. The summed E-state index contributed by atoms with van der Waals surface area (Å²) in [4.78, 5) is 24.6. The van der Waals surface area contributed by atoms with E-state index in [1.165, 1.54) is 6.07 Å². The van der Waals surface area contributed by atoms with Crippen molar-refractivity contribution in [2.75, 3.05) is 5.32 Å². The van der Waals surface area contributed by atoms with Crippen molar-refractivity contribution in [3.8, 4) is 5.75 Å². The first-order valence-corrected chi connectivity index (χ1v) is 7.27. The number of aryl methyl sites for hydroxylation is 1. The van der Waals surface area contributed by atoms with Crippen molar-refractivity contribution >= 4 is 17.5 Å². The molecule has 6 heteroatoms. The predicted octanol–water partition coefficient (Wildman–Crippen LogP) is 1.63. The largest absolute Gasteiger partial charge is 0.508 e. The lowest BCUT2D eigenvalue weighted by Crippen LogP contribution is -2.32. The van der Waals surface area contributed by atoms with Crippen LogP contribution in [0.25, 0.3) is 0 Å². The minimum Gasteiger partial charge on any atom is -0.508 e. The third-order valence-corrected chi connectivity index (χ3v) is 3.92. The SMILES string of the molecule is Cc1ccccc1NC(=O)C1C(=O)NNC1c1ccccc1O. The van der Waals surface area contributed by atoms with Gasteiger partial charge in [0, 0.05) is 11.3 Å². The number of nitrogens with one attached hydrogen (secondary N) is 3. The summed E-state index contributed by atoms with van der Waals surface area (Å²) >= 11 is 0. The summed E-state index contributed by atoms with van der Waals surface area (Å²) in [6, 6.07) is 13.4. The summed E-state index contributed by atoms with van der Waals surface area (Å²) in [6.45, 7) is 1.88. The molecule has 1 saturated heterocycles. The fourth-order valence-corrected chi connectivity index (χ4v) is 2.66. The minimum absolute atomic E-state index is 0.0372. The number of hydrazine groups is 1.